The first-order chi connectivity index (χ1) is 16.1. The summed E-state index contributed by atoms with van der Waals surface area (Å²) in [5.74, 6) is 0. The highest BCUT2D eigenvalue weighted by atomic mass is 35.5. The smallest absolute Gasteiger partial charge is 0.407 e. The number of rotatable bonds is 3. The van der Waals surface area contributed by atoms with Gasteiger partial charge in [-0.2, -0.15) is 0 Å². The SMILES string of the molecule is CC(C)(C)OC(=O)N[C@H]1CCN(c2ccc3cc(-c4cn5cc(Cl)ccc5n4)c(=O)oc3c2)C1. The molecule has 34 heavy (non-hydrogen) atoms. The molecule has 1 amide bonds. The number of imidazole rings is 1. The van der Waals surface area contributed by atoms with Gasteiger partial charge in [0.05, 0.1) is 22.3 Å². The molecule has 3 aromatic heterocycles. The van der Waals surface area contributed by atoms with E-state index in [0.717, 1.165) is 24.0 Å². The van der Waals surface area contributed by atoms with Crippen molar-refractivity contribution in [2.75, 3.05) is 18.0 Å². The third kappa shape index (κ3) is 4.59. The maximum absolute atomic E-state index is 12.8. The number of alkyl carbamates (subject to hydrolysis) is 1. The summed E-state index contributed by atoms with van der Waals surface area (Å²) >= 11 is 6.05. The molecule has 1 aliphatic heterocycles. The predicted molar refractivity (Wildman–Crippen MR) is 132 cm³/mol. The minimum Gasteiger partial charge on any atom is -0.444 e. The number of nitrogens with zero attached hydrogens (tertiary/aromatic N) is 3. The standard InChI is InChI=1S/C25H25ClN4O4/c1-25(2,3)34-24(32)27-17-8-9-29(13-17)18-6-4-15-10-19(23(31)33-21(15)11-18)20-14-30-12-16(26)5-7-22(30)28-20/h4-7,10-12,14,17H,8-9,13H2,1-3H3,(H,27,32)/t17-/m0/s1. The van der Waals surface area contributed by atoms with Crippen LogP contribution in [0.3, 0.4) is 0 Å². The molecule has 1 aromatic carbocycles. The lowest BCUT2D eigenvalue weighted by molar-refractivity contribution is 0.0509. The number of carbonyl (C=O) groups is 1. The van der Waals surface area contributed by atoms with Crippen LogP contribution in [-0.2, 0) is 4.74 Å². The van der Waals surface area contributed by atoms with Gasteiger partial charge >= 0.3 is 11.7 Å². The molecule has 5 rings (SSSR count). The van der Waals surface area contributed by atoms with Crippen molar-refractivity contribution < 1.29 is 13.9 Å². The average molecular weight is 481 g/mol. The molecule has 1 atom stereocenters. The summed E-state index contributed by atoms with van der Waals surface area (Å²) in [6.07, 6.45) is 3.89. The van der Waals surface area contributed by atoms with Gasteiger partial charge in [0.2, 0.25) is 0 Å². The summed E-state index contributed by atoms with van der Waals surface area (Å²) in [6.45, 7) is 6.94. The van der Waals surface area contributed by atoms with E-state index in [9.17, 15) is 9.59 Å². The van der Waals surface area contributed by atoms with E-state index < -0.39 is 17.3 Å². The molecule has 8 nitrogen and oxygen atoms in total. The fourth-order valence-electron chi connectivity index (χ4n) is 4.16. The van der Waals surface area contributed by atoms with Crippen LogP contribution in [0.25, 0.3) is 27.9 Å². The summed E-state index contributed by atoms with van der Waals surface area (Å²) in [6, 6.07) is 11.1. The number of pyridine rings is 1. The zero-order valence-electron chi connectivity index (χ0n) is 19.2. The van der Waals surface area contributed by atoms with E-state index in [-0.39, 0.29) is 6.04 Å². The van der Waals surface area contributed by atoms with E-state index in [1.165, 1.54) is 0 Å². The van der Waals surface area contributed by atoms with Crippen LogP contribution in [0.5, 0.6) is 0 Å². The van der Waals surface area contributed by atoms with Crippen molar-refractivity contribution in [2.24, 2.45) is 0 Å². The molecule has 9 heteroatoms. The van der Waals surface area contributed by atoms with Gasteiger partial charge < -0.3 is 23.8 Å². The Morgan fingerprint density at radius 3 is 2.82 bits per heavy atom. The van der Waals surface area contributed by atoms with Crippen LogP contribution in [0.4, 0.5) is 10.5 Å². The number of hydrogen-bond acceptors (Lipinski definition) is 6. The molecule has 0 unspecified atom stereocenters. The summed E-state index contributed by atoms with van der Waals surface area (Å²) in [7, 11) is 0. The molecule has 1 saturated heterocycles. The van der Waals surface area contributed by atoms with Gasteiger partial charge in [-0.25, -0.2) is 14.6 Å². The molecule has 4 aromatic rings. The van der Waals surface area contributed by atoms with Gasteiger partial charge in [0.15, 0.2) is 0 Å². The second-order valence-electron chi connectivity index (χ2n) is 9.49. The second kappa shape index (κ2) is 8.36. The summed E-state index contributed by atoms with van der Waals surface area (Å²) in [4.78, 5) is 31.5. The number of hydrogen-bond donors (Lipinski definition) is 1. The van der Waals surface area contributed by atoms with Crippen molar-refractivity contribution in [1.82, 2.24) is 14.7 Å². The Morgan fingerprint density at radius 2 is 2.03 bits per heavy atom. The normalized spacial score (nSPS) is 16.4. The first-order valence-corrected chi connectivity index (χ1v) is 11.5. The Kier molecular flexibility index (Phi) is 5.48. The summed E-state index contributed by atoms with van der Waals surface area (Å²) < 4.78 is 12.8. The molecular weight excluding hydrogens is 456 g/mol. The second-order valence-corrected chi connectivity index (χ2v) is 9.92. The van der Waals surface area contributed by atoms with E-state index in [1.807, 2.05) is 39.0 Å². The third-order valence-corrected chi connectivity index (χ3v) is 5.91. The topological polar surface area (TPSA) is 89.1 Å². The van der Waals surface area contributed by atoms with Crippen LogP contribution in [0.15, 0.2) is 58.0 Å². The fraction of sp³-hybridized carbons (Fsp3) is 0.320. The summed E-state index contributed by atoms with van der Waals surface area (Å²) in [5.41, 5.74) is 2.05. The van der Waals surface area contributed by atoms with Crippen LogP contribution in [0.1, 0.15) is 27.2 Å². The van der Waals surface area contributed by atoms with Crippen molar-refractivity contribution in [3.63, 3.8) is 0 Å². The Bertz CT molecular complexity index is 1450. The van der Waals surface area contributed by atoms with Gasteiger partial charge in [0, 0.05) is 42.6 Å². The highest BCUT2D eigenvalue weighted by Gasteiger charge is 2.26. The minimum absolute atomic E-state index is 0.0107. The molecule has 0 spiro atoms. The first-order valence-electron chi connectivity index (χ1n) is 11.1. The molecule has 1 aliphatic rings. The van der Waals surface area contributed by atoms with Crippen LogP contribution in [0, 0.1) is 0 Å². The predicted octanol–water partition coefficient (Wildman–Crippen LogP) is 4.86. The van der Waals surface area contributed by atoms with Gasteiger partial charge in [-0.05, 0) is 57.5 Å². The van der Waals surface area contributed by atoms with Gasteiger partial charge in [-0.15, -0.1) is 0 Å². The van der Waals surface area contributed by atoms with Crippen molar-refractivity contribution in [3.8, 4) is 11.3 Å². The zero-order valence-corrected chi connectivity index (χ0v) is 19.9. The zero-order chi connectivity index (χ0) is 24.0. The Labute approximate surface area is 201 Å². The molecule has 1 fully saturated rings. The molecule has 176 valence electrons. The molecular formula is C25H25ClN4O4. The number of fused-ring (bicyclic) bond motifs is 2. The van der Waals surface area contributed by atoms with Gasteiger partial charge in [0.1, 0.15) is 16.8 Å². The van der Waals surface area contributed by atoms with Crippen molar-refractivity contribution in [3.05, 3.63) is 64.2 Å². The van der Waals surface area contributed by atoms with E-state index >= 15 is 0 Å². The number of halogens is 1. The quantitative estimate of drug-likeness (QED) is 0.421. The highest BCUT2D eigenvalue weighted by Crippen LogP contribution is 2.27. The number of anilines is 1. The minimum atomic E-state index is -0.534. The highest BCUT2D eigenvalue weighted by molar-refractivity contribution is 6.30. The van der Waals surface area contributed by atoms with E-state index in [4.69, 9.17) is 20.8 Å². The number of aromatic nitrogens is 2. The van der Waals surface area contributed by atoms with E-state index in [2.05, 4.69) is 15.2 Å². The monoisotopic (exact) mass is 480 g/mol. The summed E-state index contributed by atoms with van der Waals surface area (Å²) in [5, 5.41) is 4.31. The maximum atomic E-state index is 12.8. The van der Waals surface area contributed by atoms with Gasteiger partial charge in [0.25, 0.3) is 0 Å². The van der Waals surface area contributed by atoms with Crippen molar-refractivity contribution in [2.45, 2.75) is 38.8 Å². The van der Waals surface area contributed by atoms with Crippen LogP contribution >= 0.6 is 11.6 Å². The van der Waals surface area contributed by atoms with Crippen LogP contribution < -0.4 is 15.8 Å². The first kappa shape index (κ1) is 22.3. The number of benzene rings is 1. The maximum Gasteiger partial charge on any atom is 0.407 e. The average Bonchev–Trinajstić information content (AvgIpc) is 3.38. The van der Waals surface area contributed by atoms with Gasteiger partial charge in [-0.3, -0.25) is 0 Å². The van der Waals surface area contributed by atoms with Crippen LogP contribution in [-0.4, -0.2) is 40.2 Å². The molecule has 4 heterocycles. The lowest BCUT2D eigenvalue weighted by Gasteiger charge is -2.22. The van der Waals surface area contributed by atoms with E-state index in [0.29, 0.717) is 34.1 Å². The molecule has 0 saturated carbocycles. The number of carbonyl (C=O) groups excluding carboxylic acids is 1. The Balaban J connectivity index is 1.36. The Hall–Kier alpha value is -3.52. The molecule has 0 aliphatic carbocycles. The molecule has 1 N–H and O–H groups in total. The van der Waals surface area contributed by atoms with E-state index in [1.54, 1.807) is 35.0 Å². The number of nitrogens with one attached hydrogen (secondary N) is 1. The van der Waals surface area contributed by atoms with Gasteiger partial charge in [-0.1, -0.05) is 11.6 Å². The number of ether oxygens (including phenoxy) is 1. The molecule has 0 bridgehead atoms. The Morgan fingerprint density at radius 1 is 1.21 bits per heavy atom. The van der Waals surface area contributed by atoms with Crippen LogP contribution in [0.2, 0.25) is 5.02 Å². The van der Waals surface area contributed by atoms with Crippen molar-refractivity contribution in [1.29, 1.82) is 0 Å². The lowest BCUT2D eigenvalue weighted by Crippen LogP contribution is -2.40. The molecule has 0 radical (unpaired) electrons. The third-order valence-electron chi connectivity index (χ3n) is 5.68. The largest absolute Gasteiger partial charge is 0.444 e. The van der Waals surface area contributed by atoms with Crippen molar-refractivity contribution >= 4 is 40.0 Å². The number of amides is 1. The lowest BCUT2D eigenvalue weighted by atomic mass is 10.1. The fourth-order valence-corrected chi connectivity index (χ4v) is 4.32.